The molecule has 0 bridgehead atoms. The van der Waals surface area contributed by atoms with Crippen molar-refractivity contribution in [3.63, 3.8) is 0 Å². The predicted molar refractivity (Wildman–Crippen MR) is 219 cm³/mol. The summed E-state index contributed by atoms with van der Waals surface area (Å²) in [6.45, 7) is 8.60. The van der Waals surface area contributed by atoms with Crippen molar-refractivity contribution in [2.75, 3.05) is 90.8 Å². The van der Waals surface area contributed by atoms with Gasteiger partial charge in [0.25, 0.3) is 20.2 Å². The van der Waals surface area contributed by atoms with E-state index < -0.39 is 20.2 Å². The minimum Gasteiger partial charge on any atom is -0.379 e. The van der Waals surface area contributed by atoms with Crippen LogP contribution in [0, 0.1) is 0 Å². The van der Waals surface area contributed by atoms with Gasteiger partial charge in [-0.15, -0.1) is 0 Å². The molecule has 0 amide bonds. The summed E-state index contributed by atoms with van der Waals surface area (Å²) < 4.78 is 103. The van der Waals surface area contributed by atoms with Crippen molar-refractivity contribution in [1.82, 2.24) is 0 Å². The van der Waals surface area contributed by atoms with Crippen molar-refractivity contribution in [2.45, 2.75) is 167 Å². The summed E-state index contributed by atoms with van der Waals surface area (Å²) in [6, 6.07) is 0. The first-order valence-corrected chi connectivity index (χ1v) is 24.8. The maximum Gasteiger partial charge on any atom is 0.264 e. The highest BCUT2D eigenvalue weighted by atomic mass is 32.2. The van der Waals surface area contributed by atoms with E-state index in [1.165, 1.54) is 103 Å². The fourth-order valence-electron chi connectivity index (χ4n) is 5.85. The molecule has 0 aromatic carbocycles. The lowest BCUT2D eigenvalue weighted by Gasteiger charge is -2.19. The van der Waals surface area contributed by atoms with Crippen LogP contribution >= 0.6 is 0 Å². The van der Waals surface area contributed by atoms with Gasteiger partial charge >= 0.3 is 0 Å². The van der Waals surface area contributed by atoms with Gasteiger partial charge in [0.2, 0.25) is 0 Å². The van der Waals surface area contributed by atoms with Crippen LogP contribution < -0.4 is 0 Å². The van der Waals surface area contributed by atoms with Crippen LogP contribution in [-0.4, -0.2) is 129 Å². The number of rotatable bonds is 46. The third-order valence-electron chi connectivity index (χ3n) is 9.04. The number of hydrogen-bond donors (Lipinski definition) is 2. The van der Waals surface area contributed by atoms with Crippen molar-refractivity contribution in [1.29, 1.82) is 0 Å². The molecule has 0 aliphatic carbocycles. The molecule has 2 unspecified atom stereocenters. The fraction of sp³-hybridized carbons (Fsp3) is 1.00. The molecule has 0 aliphatic rings. The van der Waals surface area contributed by atoms with Gasteiger partial charge in [0.1, 0.15) is 12.2 Å². The van der Waals surface area contributed by atoms with Crippen LogP contribution in [0.25, 0.3) is 0 Å². The van der Waals surface area contributed by atoms with Gasteiger partial charge < -0.3 is 33.2 Å². The van der Waals surface area contributed by atoms with E-state index in [1.54, 1.807) is 0 Å². The standard InChI is InChI=1S/C40H82O13S2/c1-3-5-7-9-11-13-15-17-19-21-25-48-35-39(52-27-23-33-54(41,42)43)37-50-31-29-47-30-32-51-38-40(53-28-24-34-55(44,45)46)36-49-26-22-20-18-16-14-12-10-8-6-4-2/h39-40H,3-38H2,1-2H3,(H,41,42,43)(H,44,45,46). The smallest absolute Gasteiger partial charge is 0.264 e. The molecular weight excluding hydrogens is 753 g/mol. The van der Waals surface area contributed by atoms with E-state index in [0.29, 0.717) is 52.9 Å². The minimum absolute atomic E-state index is 0.166. The number of hydrogen-bond acceptors (Lipinski definition) is 11. The maximum atomic E-state index is 11.0. The molecule has 0 saturated carbocycles. The molecule has 55 heavy (non-hydrogen) atoms. The molecule has 2 atom stereocenters. The van der Waals surface area contributed by atoms with E-state index in [0.717, 1.165) is 25.7 Å². The van der Waals surface area contributed by atoms with E-state index in [9.17, 15) is 16.8 Å². The molecular formula is C40H82O13S2. The maximum absolute atomic E-state index is 11.0. The van der Waals surface area contributed by atoms with Crippen LogP contribution in [0.4, 0.5) is 0 Å². The highest BCUT2D eigenvalue weighted by Crippen LogP contribution is 2.12. The monoisotopic (exact) mass is 835 g/mol. The number of unbranched alkanes of at least 4 members (excludes halogenated alkanes) is 18. The van der Waals surface area contributed by atoms with Gasteiger partial charge in [-0.2, -0.15) is 16.8 Å². The second-order valence-electron chi connectivity index (χ2n) is 14.5. The third kappa shape index (κ3) is 46.1. The zero-order valence-corrected chi connectivity index (χ0v) is 36.4. The van der Waals surface area contributed by atoms with Crippen LogP contribution in [0.5, 0.6) is 0 Å². The molecule has 0 saturated heterocycles. The molecule has 0 aromatic rings. The van der Waals surface area contributed by atoms with E-state index in [4.69, 9.17) is 42.3 Å². The van der Waals surface area contributed by atoms with Gasteiger partial charge in [-0.05, 0) is 25.7 Å². The molecule has 0 aromatic heterocycles. The highest BCUT2D eigenvalue weighted by molar-refractivity contribution is 7.86. The SMILES string of the molecule is CCCCCCCCCCCCOCC(COCCOCCOCC(COCCCCCCCCCCCC)OCCCS(=O)(=O)O)OCCCS(=O)(=O)O. The average Bonchev–Trinajstić information content (AvgIpc) is 3.13. The van der Waals surface area contributed by atoms with Gasteiger partial charge in [-0.3, -0.25) is 9.11 Å². The minimum atomic E-state index is -4.04. The zero-order chi connectivity index (χ0) is 40.6. The molecule has 0 spiro atoms. The molecule has 2 N–H and O–H groups in total. The van der Waals surface area contributed by atoms with Crippen molar-refractivity contribution in [3.8, 4) is 0 Å². The van der Waals surface area contributed by atoms with Crippen molar-refractivity contribution < 1.29 is 59.1 Å². The van der Waals surface area contributed by atoms with Crippen molar-refractivity contribution in [2.24, 2.45) is 0 Å². The molecule has 332 valence electrons. The van der Waals surface area contributed by atoms with Crippen LogP contribution in [0.2, 0.25) is 0 Å². The fourth-order valence-corrected chi connectivity index (χ4v) is 6.82. The molecule has 0 rings (SSSR count). The Hall–Kier alpha value is -0.460. The third-order valence-corrected chi connectivity index (χ3v) is 10.7. The first-order valence-electron chi connectivity index (χ1n) is 21.6. The summed E-state index contributed by atoms with van der Waals surface area (Å²) in [5, 5.41) is 0. The van der Waals surface area contributed by atoms with E-state index in [2.05, 4.69) is 13.8 Å². The first-order chi connectivity index (χ1) is 26.6. The Labute approximate surface area is 336 Å². The summed E-state index contributed by atoms with van der Waals surface area (Å²) in [4.78, 5) is 0. The average molecular weight is 835 g/mol. The predicted octanol–water partition coefficient (Wildman–Crippen LogP) is 8.24. The Morgan fingerprint density at radius 2 is 0.618 bits per heavy atom. The Bertz CT molecular complexity index is 921. The Balaban J connectivity index is 4.24. The summed E-state index contributed by atoms with van der Waals surface area (Å²) in [5.41, 5.74) is 0. The number of ether oxygens (including phenoxy) is 7. The first kappa shape index (κ1) is 54.5. The summed E-state index contributed by atoms with van der Waals surface area (Å²) in [6.07, 6.45) is 24.6. The van der Waals surface area contributed by atoms with E-state index in [1.807, 2.05) is 0 Å². The van der Waals surface area contributed by atoms with E-state index in [-0.39, 0.29) is 63.0 Å². The molecule has 13 nitrogen and oxygen atoms in total. The van der Waals surface area contributed by atoms with Gasteiger partial charge in [0.15, 0.2) is 0 Å². The van der Waals surface area contributed by atoms with Crippen molar-refractivity contribution >= 4 is 20.2 Å². The van der Waals surface area contributed by atoms with Gasteiger partial charge in [0, 0.05) is 26.4 Å². The summed E-state index contributed by atoms with van der Waals surface area (Å²) in [7, 11) is -8.07. The van der Waals surface area contributed by atoms with Crippen LogP contribution in [0.15, 0.2) is 0 Å². The van der Waals surface area contributed by atoms with Crippen LogP contribution in [-0.2, 0) is 53.4 Å². The lowest BCUT2D eigenvalue weighted by molar-refractivity contribution is -0.0766. The van der Waals surface area contributed by atoms with Gasteiger partial charge in [-0.25, -0.2) is 0 Å². The van der Waals surface area contributed by atoms with Gasteiger partial charge in [0.05, 0.1) is 64.4 Å². The summed E-state index contributed by atoms with van der Waals surface area (Å²) in [5.74, 6) is -0.716. The molecule has 15 heteroatoms. The zero-order valence-electron chi connectivity index (χ0n) is 34.8. The largest absolute Gasteiger partial charge is 0.379 e. The Morgan fingerprint density at radius 3 is 0.927 bits per heavy atom. The summed E-state index contributed by atoms with van der Waals surface area (Å²) >= 11 is 0. The second-order valence-corrected chi connectivity index (χ2v) is 17.7. The topological polar surface area (TPSA) is 173 Å². The lowest BCUT2D eigenvalue weighted by Crippen LogP contribution is -2.28. The quantitative estimate of drug-likeness (QED) is 0.0444. The van der Waals surface area contributed by atoms with Crippen LogP contribution in [0.3, 0.4) is 0 Å². The second kappa shape index (κ2) is 40.3. The normalized spacial score (nSPS) is 13.5. The van der Waals surface area contributed by atoms with E-state index >= 15 is 0 Å². The molecule has 0 heterocycles. The lowest BCUT2D eigenvalue weighted by atomic mass is 10.1. The Morgan fingerprint density at radius 1 is 0.345 bits per heavy atom. The highest BCUT2D eigenvalue weighted by Gasteiger charge is 2.13. The molecule has 0 aliphatic heterocycles. The molecule has 0 radical (unpaired) electrons. The van der Waals surface area contributed by atoms with Crippen LogP contribution in [0.1, 0.15) is 155 Å². The van der Waals surface area contributed by atoms with Crippen molar-refractivity contribution in [3.05, 3.63) is 0 Å². The van der Waals surface area contributed by atoms with Gasteiger partial charge in [-0.1, -0.05) is 129 Å². The molecule has 0 fully saturated rings. The Kier molecular flexibility index (Phi) is 40.0.